The summed E-state index contributed by atoms with van der Waals surface area (Å²) in [6.45, 7) is 2.13. The van der Waals surface area contributed by atoms with Gasteiger partial charge >= 0.3 is 0 Å². The molecule has 1 saturated carbocycles. The van der Waals surface area contributed by atoms with Crippen LogP contribution in [0.15, 0.2) is 4.99 Å². The maximum atomic E-state index is 5.46. The molecule has 5 N–H and O–H groups in total. The van der Waals surface area contributed by atoms with Crippen molar-refractivity contribution in [2.75, 3.05) is 0 Å². The van der Waals surface area contributed by atoms with Crippen molar-refractivity contribution in [1.82, 2.24) is 5.43 Å². The Hall–Kier alpha value is -0.770. The van der Waals surface area contributed by atoms with Crippen LogP contribution in [0.4, 0.5) is 0 Å². The Morgan fingerprint density at radius 2 is 2.33 bits per heavy atom. The lowest BCUT2D eigenvalue weighted by atomic mass is 10.1. The van der Waals surface area contributed by atoms with Crippen molar-refractivity contribution in [3.63, 3.8) is 0 Å². The third-order valence-electron chi connectivity index (χ3n) is 2.24. The van der Waals surface area contributed by atoms with Crippen molar-refractivity contribution in [3.8, 4) is 0 Å². The van der Waals surface area contributed by atoms with Gasteiger partial charge in [0.05, 0.1) is 6.04 Å². The molecule has 1 rings (SSSR count). The van der Waals surface area contributed by atoms with Gasteiger partial charge in [-0.05, 0) is 18.8 Å². The van der Waals surface area contributed by atoms with E-state index in [4.69, 9.17) is 11.6 Å². The van der Waals surface area contributed by atoms with E-state index < -0.39 is 0 Å². The van der Waals surface area contributed by atoms with Crippen LogP contribution in [0.1, 0.15) is 32.6 Å². The van der Waals surface area contributed by atoms with Gasteiger partial charge in [0.25, 0.3) is 0 Å². The number of aliphatic imine (C=N–C) groups is 1. The number of rotatable bonds is 4. The Morgan fingerprint density at radius 1 is 1.67 bits per heavy atom. The summed E-state index contributed by atoms with van der Waals surface area (Å²) in [6.07, 6.45) is 4.93. The zero-order chi connectivity index (χ0) is 8.97. The fourth-order valence-corrected chi connectivity index (χ4v) is 1.28. The highest BCUT2D eigenvalue weighted by Gasteiger charge is 2.24. The van der Waals surface area contributed by atoms with Crippen LogP contribution in [0.5, 0.6) is 0 Å². The van der Waals surface area contributed by atoms with Crippen molar-refractivity contribution < 1.29 is 0 Å². The second kappa shape index (κ2) is 4.30. The van der Waals surface area contributed by atoms with Crippen LogP contribution in [0.25, 0.3) is 0 Å². The lowest BCUT2D eigenvalue weighted by Gasteiger charge is -2.09. The Bertz CT molecular complexity index is 162. The third-order valence-corrected chi connectivity index (χ3v) is 2.24. The predicted molar refractivity (Wildman–Crippen MR) is 50.4 cm³/mol. The average Bonchev–Trinajstić information content (AvgIpc) is 2.86. The summed E-state index contributed by atoms with van der Waals surface area (Å²) in [6, 6.07) is 0.355. The standard InChI is InChI=1S/C8H18N4/c1-2-7(5-6-3-4-6)11-8(9)12-10/h6-7H,2-5,10H2,1H3,(H3,9,11,12). The second-order valence-corrected chi connectivity index (χ2v) is 3.40. The second-order valence-electron chi connectivity index (χ2n) is 3.40. The van der Waals surface area contributed by atoms with Crippen molar-refractivity contribution in [2.24, 2.45) is 22.5 Å². The molecule has 1 atom stereocenters. The minimum absolute atomic E-state index is 0.350. The Kier molecular flexibility index (Phi) is 3.34. The fourth-order valence-electron chi connectivity index (χ4n) is 1.28. The van der Waals surface area contributed by atoms with Gasteiger partial charge < -0.3 is 5.73 Å². The van der Waals surface area contributed by atoms with E-state index in [1.165, 1.54) is 19.3 Å². The quantitative estimate of drug-likeness (QED) is 0.246. The van der Waals surface area contributed by atoms with Gasteiger partial charge in [-0.15, -0.1) is 0 Å². The van der Waals surface area contributed by atoms with Crippen LogP contribution >= 0.6 is 0 Å². The first-order valence-corrected chi connectivity index (χ1v) is 4.56. The van der Waals surface area contributed by atoms with E-state index in [0.29, 0.717) is 12.0 Å². The zero-order valence-corrected chi connectivity index (χ0v) is 7.59. The molecular weight excluding hydrogens is 152 g/mol. The molecule has 0 aromatic heterocycles. The minimum Gasteiger partial charge on any atom is -0.369 e. The van der Waals surface area contributed by atoms with Gasteiger partial charge in [0.15, 0.2) is 0 Å². The summed E-state index contributed by atoms with van der Waals surface area (Å²) < 4.78 is 0. The highest BCUT2D eigenvalue weighted by Crippen LogP contribution is 2.34. The monoisotopic (exact) mass is 170 g/mol. The van der Waals surface area contributed by atoms with E-state index in [-0.39, 0.29) is 0 Å². The smallest absolute Gasteiger partial charge is 0.203 e. The minimum atomic E-state index is 0.350. The van der Waals surface area contributed by atoms with Gasteiger partial charge in [0, 0.05) is 0 Å². The average molecular weight is 170 g/mol. The first-order chi connectivity index (χ1) is 5.76. The predicted octanol–water partition coefficient (Wildman–Crippen LogP) is 0.343. The van der Waals surface area contributed by atoms with Crippen molar-refractivity contribution >= 4 is 5.96 Å². The Balaban J connectivity index is 2.32. The molecule has 4 heteroatoms. The summed E-state index contributed by atoms with van der Waals surface area (Å²) >= 11 is 0. The molecule has 4 nitrogen and oxygen atoms in total. The number of guanidine groups is 1. The molecule has 1 unspecified atom stereocenters. The van der Waals surface area contributed by atoms with E-state index in [9.17, 15) is 0 Å². The largest absolute Gasteiger partial charge is 0.369 e. The molecule has 12 heavy (non-hydrogen) atoms. The van der Waals surface area contributed by atoms with Crippen LogP contribution < -0.4 is 17.0 Å². The SMILES string of the molecule is CCC(CC1CC1)N=C(N)NN. The maximum absolute atomic E-state index is 5.46. The number of hydrazine groups is 1. The van der Waals surface area contributed by atoms with E-state index in [1.54, 1.807) is 0 Å². The molecule has 0 aliphatic heterocycles. The molecular formula is C8H18N4. The number of nitrogens with one attached hydrogen (secondary N) is 1. The highest BCUT2D eigenvalue weighted by atomic mass is 15.3. The summed E-state index contributed by atoms with van der Waals surface area (Å²) in [5.74, 6) is 6.36. The first kappa shape index (κ1) is 9.32. The van der Waals surface area contributed by atoms with Gasteiger partial charge in [-0.2, -0.15) is 0 Å². The van der Waals surface area contributed by atoms with E-state index in [1.807, 2.05) is 0 Å². The molecule has 70 valence electrons. The fraction of sp³-hybridized carbons (Fsp3) is 0.875. The van der Waals surface area contributed by atoms with Crippen LogP contribution in [0.2, 0.25) is 0 Å². The first-order valence-electron chi connectivity index (χ1n) is 4.56. The van der Waals surface area contributed by atoms with E-state index in [2.05, 4.69) is 17.3 Å². The molecule has 0 amide bonds. The van der Waals surface area contributed by atoms with E-state index >= 15 is 0 Å². The molecule has 0 aromatic rings. The molecule has 1 aliphatic carbocycles. The number of hydrogen-bond acceptors (Lipinski definition) is 2. The van der Waals surface area contributed by atoms with Gasteiger partial charge in [-0.1, -0.05) is 19.8 Å². The summed E-state index contributed by atoms with van der Waals surface area (Å²) in [5.41, 5.74) is 7.81. The van der Waals surface area contributed by atoms with Gasteiger partial charge in [-0.3, -0.25) is 5.43 Å². The molecule has 1 aliphatic rings. The lowest BCUT2D eigenvalue weighted by molar-refractivity contribution is 0.554. The number of nitrogens with zero attached hydrogens (tertiary/aromatic N) is 1. The van der Waals surface area contributed by atoms with Crippen LogP contribution in [0, 0.1) is 5.92 Å². The van der Waals surface area contributed by atoms with Crippen molar-refractivity contribution in [2.45, 2.75) is 38.6 Å². The molecule has 0 spiro atoms. The van der Waals surface area contributed by atoms with Crippen LogP contribution in [-0.2, 0) is 0 Å². The Morgan fingerprint density at radius 3 is 2.75 bits per heavy atom. The topological polar surface area (TPSA) is 76.4 Å². The number of nitrogens with two attached hydrogens (primary N) is 2. The molecule has 0 heterocycles. The maximum Gasteiger partial charge on any atom is 0.203 e. The van der Waals surface area contributed by atoms with Gasteiger partial charge in [0.1, 0.15) is 0 Å². The van der Waals surface area contributed by atoms with Gasteiger partial charge in [0.2, 0.25) is 5.96 Å². The number of hydrogen-bond donors (Lipinski definition) is 3. The molecule has 0 bridgehead atoms. The Labute approximate surface area is 73.4 Å². The molecule has 0 aromatic carbocycles. The third kappa shape index (κ3) is 3.09. The molecule has 0 radical (unpaired) electrons. The van der Waals surface area contributed by atoms with E-state index in [0.717, 1.165) is 12.3 Å². The lowest BCUT2D eigenvalue weighted by Crippen LogP contribution is -2.38. The molecule has 1 fully saturated rings. The molecule has 0 saturated heterocycles. The summed E-state index contributed by atoms with van der Waals surface area (Å²) in [5, 5.41) is 0. The normalized spacial score (nSPS) is 20.7. The summed E-state index contributed by atoms with van der Waals surface area (Å²) in [7, 11) is 0. The highest BCUT2D eigenvalue weighted by molar-refractivity contribution is 5.77. The van der Waals surface area contributed by atoms with Crippen LogP contribution in [0.3, 0.4) is 0 Å². The van der Waals surface area contributed by atoms with Crippen molar-refractivity contribution in [1.29, 1.82) is 0 Å². The van der Waals surface area contributed by atoms with Crippen molar-refractivity contribution in [3.05, 3.63) is 0 Å². The van der Waals surface area contributed by atoms with Crippen LogP contribution in [-0.4, -0.2) is 12.0 Å². The van der Waals surface area contributed by atoms with Gasteiger partial charge in [-0.25, -0.2) is 10.8 Å². The zero-order valence-electron chi connectivity index (χ0n) is 7.59. The summed E-state index contributed by atoms with van der Waals surface area (Å²) in [4.78, 5) is 4.25.